The van der Waals surface area contributed by atoms with Crippen molar-refractivity contribution in [2.75, 3.05) is 5.73 Å². The summed E-state index contributed by atoms with van der Waals surface area (Å²) in [6.07, 6.45) is -11.5. The summed E-state index contributed by atoms with van der Waals surface area (Å²) in [6.45, 7) is 0. The number of halogens is 10. The minimum absolute atomic E-state index is 0.0258. The van der Waals surface area contributed by atoms with Gasteiger partial charge in [0.25, 0.3) is 0 Å². The molecular formula is C12H7F10NO2. The van der Waals surface area contributed by atoms with Crippen LogP contribution >= 0.6 is 0 Å². The van der Waals surface area contributed by atoms with Gasteiger partial charge in [-0.15, -0.1) is 0 Å². The average molecular weight is 387 g/mol. The molecule has 0 saturated heterocycles. The van der Waals surface area contributed by atoms with Crippen molar-refractivity contribution in [3.05, 3.63) is 29.3 Å². The Morgan fingerprint density at radius 3 is 1.84 bits per heavy atom. The number of carboxylic acid groups (broad SMARTS) is 1. The highest BCUT2D eigenvalue weighted by atomic mass is 19.4. The van der Waals surface area contributed by atoms with E-state index in [-0.39, 0.29) is 12.1 Å². The SMILES string of the molecule is Nc1ccc(C(F)C(F)(F)C(F)(F)C(F)(F)C(F)(F)F)cc1C(=O)O. The molecule has 3 N–H and O–H groups in total. The summed E-state index contributed by atoms with van der Waals surface area (Å²) in [5.41, 5.74) is 1.88. The van der Waals surface area contributed by atoms with Crippen LogP contribution in [0.3, 0.4) is 0 Å². The zero-order valence-electron chi connectivity index (χ0n) is 11.5. The van der Waals surface area contributed by atoms with Gasteiger partial charge in [0.05, 0.1) is 5.56 Å². The maximum atomic E-state index is 13.7. The maximum absolute atomic E-state index is 13.7. The molecule has 0 aliphatic heterocycles. The second-order valence-electron chi connectivity index (χ2n) is 4.78. The molecule has 0 saturated carbocycles. The van der Waals surface area contributed by atoms with Crippen molar-refractivity contribution in [2.45, 2.75) is 30.1 Å². The Labute approximate surface area is 132 Å². The number of anilines is 1. The van der Waals surface area contributed by atoms with Gasteiger partial charge in [-0.1, -0.05) is 6.07 Å². The van der Waals surface area contributed by atoms with Crippen LogP contribution in [-0.2, 0) is 0 Å². The van der Waals surface area contributed by atoms with Crippen molar-refractivity contribution in [2.24, 2.45) is 0 Å². The number of alkyl halides is 10. The number of aromatic carboxylic acids is 1. The Bertz CT molecular complexity index is 670. The van der Waals surface area contributed by atoms with Crippen LogP contribution in [0.4, 0.5) is 49.6 Å². The van der Waals surface area contributed by atoms with E-state index in [1.54, 1.807) is 0 Å². The van der Waals surface area contributed by atoms with Gasteiger partial charge >= 0.3 is 29.9 Å². The van der Waals surface area contributed by atoms with Crippen LogP contribution in [0.25, 0.3) is 0 Å². The van der Waals surface area contributed by atoms with Crippen LogP contribution < -0.4 is 5.73 Å². The van der Waals surface area contributed by atoms with Gasteiger partial charge in [-0.05, 0) is 17.7 Å². The van der Waals surface area contributed by atoms with E-state index in [0.29, 0.717) is 6.07 Å². The second-order valence-corrected chi connectivity index (χ2v) is 4.78. The third-order valence-corrected chi connectivity index (χ3v) is 3.09. The lowest BCUT2D eigenvalue weighted by atomic mass is 9.94. The van der Waals surface area contributed by atoms with E-state index in [4.69, 9.17) is 10.8 Å². The fourth-order valence-corrected chi connectivity index (χ4v) is 1.67. The number of hydrogen-bond donors (Lipinski definition) is 2. The first-order valence-electron chi connectivity index (χ1n) is 5.95. The zero-order valence-corrected chi connectivity index (χ0v) is 11.5. The molecule has 1 unspecified atom stereocenters. The normalized spacial score (nSPS) is 15.1. The molecule has 13 heteroatoms. The molecule has 1 rings (SSSR count). The Morgan fingerprint density at radius 2 is 1.44 bits per heavy atom. The molecule has 142 valence electrons. The Hall–Kier alpha value is -2.21. The number of nitrogens with two attached hydrogens (primary N) is 1. The number of benzene rings is 1. The van der Waals surface area contributed by atoms with Gasteiger partial charge in [-0.2, -0.15) is 39.5 Å². The third-order valence-electron chi connectivity index (χ3n) is 3.09. The average Bonchev–Trinajstić information content (AvgIpc) is 2.45. The van der Waals surface area contributed by atoms with Gasteiger partial charge < -0.3 is 10.8 Å². The van der Waals surface area contributed by atoms with Crippen molar-refractivity contribution < 1.29 is 53.8 Å². The van der Waals surface area contributed by atoms with Crippen LogP contribution in [0, 0.1) is 0 Å². The zero-order chi connectivity index (χ0) is 20.0. The van der Waals surface area contributed by atoms with Crippen molar-refractivity contribution in [1.29, 1.82) is 0 Å². The predicted molar refractivity (Wildman–Crippen MR) is 62.6 cm³/mol. The summed E-state index contributed by atoms with van der Waals surface area (Å²) in [7, 11) is 0. The first-order chi connectivity index (χ1) is 11.0. The fraction of sp³-hybridized carbons (Fsp3) is 0.417. The van der Waals surface area contributed by atoms with E-state index in [1.807, 2.05) is 0 Å². The Balaban J connectivity index is 3.43. The number of rotatable bonds is 5. The van der Waals surface area contributed by atoms with E-state index in [0.717, 1.165) is 0 Å². The van der Waals surface area contributed by atoms with Gasteiger partial charge in [0, 0.05) is 5.69 Å². The highest BCUT2D eigenvalue weighted by Crippen LogP contribution is 2.57. The minimum atomic E-state index is -7.25. The summed E-state index contributed by atoms with van der Waals surface area (Å²) in [5.74, 6) is -22.8. The topological polar surface area (TPSA) is 63.3 Å². The molecule has 3 nitrogen and oxygen atoms in total. The molecule has 0 heterocycles. The van der Waals surface area contributed by atoms with E-state index in [1.165, 1.54) is 0 Å². The lowest BCUT2D eigenvalue weighted by Gasteiger charge is -2.35. The summed E-state index contributed by atoms with van der Waals surface area (Å²) in [5, 5.41) is 8.66. The van der Waals surface area contributed by atoms with Crippen LogP contribution in [0.2, 0.25) is 0 Å². The summed E-state index contributed by atoms with van der Waals surface area (Å²) in [6, 6.07) is 0.766. The van der Waals surface area contributed by atoms with Gasteiger partial charge in [0.15, 0.2) is 6.17 Å². The summed E-state index contributed by atoms with van der Waals surface area (Å²) < 4.78 is 128. The third kappa shape index (κ3) is 3.18. The Morgan fingerprint density at radius 1 is 0.960 bits per heavy atom. The van der Waals surface area contributed by atoms with E-state index in [2.05, 4.69) is 0 Å². The number of carboxylic acids is 1. The van der Waals surface area contributed by atoms with E-state index in [9.17, 15) is 48.7 Å². The van der Waals surface area contributed by atoms with Crippen molar-refractivity contribution in [3.63, 3.8) is 0 Å². The molecule has 0 aliphatic rings. The Kier molecular flexibility index (Phi) is 4.96. The van der Waals surface area contributed by atoms with Crippen LogP contribution in [0.5, 0.6) is 0 Å². The summed E-state index contributed by atoms with van der Waals surface area (Å²) in [4.78, 5) is 10.7. The first kappa shape index (κ1) is 20.8. The molecule has 1 aromatic carbocycles. The van der Waals surface area contributed by atoms with E-state index >= 15 is 0 Å². The molecule has 0 bridgehead atoms. The molecule has 0 spiro atoms. The minimum Gasteiger partial charge on any atom is -0.478 e. The quantitative estimate of drug-likeness (QED) is 0.580. The number of hydrogen-bond acceptors (Lipinski definition) is 2. The molecular weight excluding hydrogens is 380 g/mol. The van der Waals surface area contributed by atoms with Crippen molar-refractivity contribution >= 4 is 11.7 Å². The molecule has 25 heavy (non-hydrogen) atoms. The van der Waals surface area contributed by atoms with Gasteiger partial charge in [0.2, 0.25) is 0 Å². The predicted octanol–water partition coefficient (Wildman–Crippen LogP) is 4.45. The first-order valence-corrected chi connectivity index (χ1v) is 5.95. The highest BCUT2D eigenvalue weighted by molar-refractivity contribution is 5.93. The van der Waals surface area contributed by atoms with Crippen LogP contribution in [-0.4, -0.2) is 35.0 Å². The van der Waals surface area contributed by atoms with Crippen molar-refractivity contribution in [1.82, 2.24) is 0 Å². The molecule has 0 aromatic heterocycles. The summed E-state index contributed by atoms with van der Waals surface area (Å²) >= 11 is 0. The van der Waals surface area contributed by atoms with Gasteiger partial charge in [-0.25, -0.2) is 9.18 Å². The highest BCUT2D eigenvalue weighted by Gasteiger charge is 2.83. The molecule has 0 aliphatic carbocycles. The standard InChI is InChI=1S/C12H7F10NO2/c13-7(4-1-2-6(23)5(3-4)8(24)25)9(14,15)10(16,17)11(18,19)12(20,21)22/h1-3,7H,23H2,(H,24,25). The largest absolute Gasteiger partial charge is 0.478 e. The van der Waals surface area contributed by atoms with Crippen LogP contribution in [0.15, 0.2) is 18.2 Å². The van der Waals surface area contributed by atoms with E-state index < -0.39 is 52.9 Å². The fourth-order valence-electron chi connectivity index (χ4n) is 1.67. The number of nitrogen functional groups attached to an aromatic ring is 1. The lowest BCUT2D eigenvalue weighted by Crippen LogP contribution is -2.62. The smallest absolute Gasteiger partial charge is 0.460 e. The van der Waals surface area contributed by atoms with Gasteiger partial charge in [-0.3, -0.25) is 0 Å². The molecule has 0 amide bonds. The van der Waals surface area contributed by atoms with Crippen molar-refractivity contribution in [3.8, 4) is 0 Å². The maximum Gasteiger partial charge on any atom is 0.460 e. The van der Waals surface area contributed by atoms with Crippen LogP contribution in [0.1, 0.15) is 22.1 Å². The van der Waals surface area contributed by atoms with Gasteiger partial charge in [0.1, 0.15) is 0 Å². The molecule has 0 fully saturated rings. The molecule has 1 aromatic rings. The lowest BCUT2D eigenvalue weighted by molar-refractivity contribution is -0.403. The molecule has 1 atom stereocenters. The second kappa shape index (κ2) is 5.95. The monoisotopic (exact) mass is 387 g/mol. The molecule has 0 radical (unpaired) electrons. The number of carbonyl (C=O) groups is 1.